The Morgan fingerprint density at radius 1 is 0.636 bits per heavy atom. The molecule has 6 nitrogen and oxygen atoms in total. The Morgan fingerprint density at radius 3 is 1.48 bits per heavy atom. The van der Waals surface area contributed by atoms with E-state index in [0.717, 1.165) is 28.2 Å². The molecule has 0 atom stereocenters. The Morgan fingerprint density at radius 2 is 1.09 bits per heavy atom. The first-order valence-corrected chi connectivity index (χ1v) is 11.3. The zero-order valence-electron chi connectivity index (χ0n) is 18.5. The van der Waals surface area contributed by atoms with Crippen LogP contribution in [0.25, 0.3) is 33.8 Å². The van der Waals surface area contributed by atoms with Crippen molar-refractivity contribution in [1.29, 1.82) is 0 Å². The maximum atomic E-state index is 8.49. The van der Waals surface area contributed by atoms with Gasteiger partial charge in [0.05, 0.1) is 23.3 Å². The van der Waals surface area contributed by atoms with Crippen LogP contribution >= 0.6 is 0 Å². The fraction of sp³-hybridized carbons (Fsp3) is 0.115. The lowest BCUT2D eigenvalue weighted by Crippen LogP contribution is -2.68. The van der Waals surface area contributed by atoms with Gasteiger partial charge >= 0.3 is 11.5 Å². The normalized spacial score (nSPS) is 10.9. The van der Waals surface area contributed by atoms with E-state index in [1.54, 1.807) is 0 Å². The van der Waals surface area contributed by atoms with Gasteiger partial charge in [-0.3, -0.25) is 0 Å². The number of hydrogen-bond donors (Lipinski definition) is 0. The molecule has 3 aromatic carbocycles. The first-order valence-electron chi connectivity index (χ1n) is 10.1. The van der Waals surface area contributed by atoms with E-state index in [-0.39, 0.29) is 0 Å². The van der Waals surface area contributed by atoms with Gasteiger partial charge in [-0.25, -0.2) is 23.1 Å². The predicted molar refractivity (Wildman–Crippen MR) is 118 cm³/mol. The van der Waals surface area contributed by atoms with Crippen LogP contribution in [0.1, 0.15) is 5.56 Å². The first-order chi connectivity index (χ1) is 15.6. The van der Waals surface area contributed by atoms with E-state index in [9.17, 15) is 0 Å². The number of aryl methyl sites for hydroxylation is 1. The maximum absolute atomic E-state index is 8.49. The van der Waals surface area contributed by atoms with Gasteiger partial charge in [0.15, 0.2) is 0 Å². The number of hydrogen-bond acceptors (Lipinski definition) is 5. The summed E-state index contributed by atoms with van der Waals surface area (Å²) in [5.74, 6) is 1.74. The van der Waals surface area contributed by atoms with Crippen molar-refractivity contribution in [2.45, 2.75) is 6.92 Å². The molecule has 4 aromatic rings. The standard InChI is InChI=1S/C26H24NO.ClHO4/c1-19-16-23(27(2)3)14-15-24(19)22-17-25(20-10-6-4-7-11-20)28-26(18-22)21-12-8-5-9-13-21;2-1(3,4)5/h4-18H,1-3H3;(H,2,3,4,5)/q+1;/p-1. The second-order valence-corrected chi connectivity index (χ2v) is 8.33. The zero-order chi connectivity index (χ0) is 24.0. The van der Waals surface area contributed by atoms with Gasteiger partial charge in [0.25, 0.3) is 0 Å². The van der Waals surface area contributed by atoms with Crippen LogP contribution < -0.4 is 23.5 Å². The highest BCUT2D eigenvalue weighted by Gasteiger charge is 2.21. The topological polar surface area (TPSA) is 107 Å². The fourth-order valence-corrected chi connectivity index (χ4v) is 3.40. The maximum Gasteiger partial charge on any atom is 0.361 e. The van der Waals surface area contributed by atoms with Crippen LogP contribution in [0.15, 0.2) is 95.4 Å². The Bertz CT molecular complexity index is 1130. The Labute approximate surface area is 195 Å². The van der Waals surface area contributed by atoms with E-state index in [1.165, 1.54) is 16.8 Å². The minimum Gasteiger partial charge on any atom is -0.378 e. The summed E-state index contributed by atoms with van der Waals surface area (Å²) in [6, 6.07) is 31.4. The van der Waals surface area contributed by atoms with Gasteiger partial charge in [0, 0.05) is 25.3 Å². The van der Waals surface area contributed by atoms with Gasteiger partial charge in [-0.2, -0.15) is 0 Å². The summed E-state index contributed by atoms with van der Waals surface area (Å²) in [5, 5.41) is 0. The summed E-state index contributed by atoms with van der Waals surface area (Å²) in [4.78, 5) is 2.13. The largest absolute Gasteiger partial charge is 0.378 e. The third-order valence-electron chi connectivity index (χ3n) is 4.95. The predicted octanol–water partition coefficient (Wildman–Crippen LogP) is 2.18. The minimum absolute atomic E-state index is 0.869. The number of rotatable bonds is 4. The van der Waals surface area contributed by atoms with E-state index in [2.05, 4.69) is 80.5 Å². The van der Waals surface area contributed by atoms with Crippen LogP contribution in [-0.2, 0) is 0 Å². The van der Waals surface area contributed by atoms with Crippen LogP contribution in [0.5, 0.6) is 0 Å². The summed E-state index contributed by atoms with van der Waals surface area (Å²) in [5.41, 5.74) is 6.97. The smallest absolute Gasteiger partial charge is 0.361 e. The van der Waals surface area contributed by atoms with Crippen molar-refractivity contribution < 1.29 is 33.3 Å². The van der Waals surface area contributed by atoms with Gasteiger partial charge in [-0.1, -0.05) is 42.5 Å². The van der Waals surface area contributed by atoms with E-state index in [1.807, 2.05) is 36.4 Å². The van der Waals surface area contributed by atoms with E-state index in [4.69, 9.17) is 23.1 Å². The number of benzene rings is 3. The molecular formula is C26H24ClNO5. The molecule has 170 valence electrons. The van der Waals surface area contributed by atoms with Crippen molar-refractivity contribution in [3.63, 3.8) is 0 Å². The van der Waals surface area contributed by atoms with Gasteiger partial charge in [0.2, 0.25) is 0 Å². The Balaban J connectivity index is 0.000000555. The van der Waals surface area contributed by atoms with Crippen molar-refractivity contribution in [1.82, 2.24) is 0 Å². The Hall–Kier alpha value is -3.26. The van der Waals surface area contributed by atoms with Crippen LogP contribution in [0.4, 0.5) is 5.69 Å². The minimum atomic E-state index is -4.94. The second kappa shape index (κ2) is 10.6. The molecule has 0 fully saturated rings. The molecule has 0 saturated carbocycles. The highest BCUT2D eigenvalue weighted by Crippen LogP contribution is 2.35. The van der Waals surface area contributed by atoms with Crippen molar-refractivity contribution in [3.05, 3.63) is 96.6 Å². The highest BCUT2D eigenvalue weighted by molar-refractivity contribution is 5.77. The molecular weight excluding hydrogens is 442 g/mol. The fourth-order valence-electron chi connectivity index (χ4n) is 3.40. The summed E-state index contributed by atoms with van der Waals surface area (Å²) < 4.78 is 40.3. The first kappa shape index (κ1) is 24.4. The molecule has 0 saturated heterocycles. The average molecular weight is 466 g/mol. The van der Waals surface area contributed by atoms with Crippen molar-refractivity contribution >= 4 is 5.69 Å². The third kappa shape index (κ3) is 7.12. The number of halogens is 1. The van der Waals surface area contributed by atoms with Crippen molar-refractivity contribution in [2.75, 3.05) is 19.0 Å². The summed E-state index contributed by atoms with van der Waals surface area (Å²) in [6.07, 6.45) is 0. The van der Waals surface area contributed by atoms with Gasteiger partial charge in [-0.05, 0) is 54.4 Å². The third-order valence-corrected chi connectivity index (χ3v) is 4.95. The molecule has 7 heteroatoms. The van der Waals surface area contributed by atoms with Crippen molar-refractivity contribution in [2.24, 2.45) is 0 Å². The zero-order valence-corrected chi connectivity index (χ0v) is 19.3. The summed E-state index contributed by atoms with van der Waals surface area (Å²) in [6.45, 7) is 2.16. The molecule has 0 unspecified atom stereocenters. The molecule has 1 aromatic heterocycles. The van der Waals surface area contributed by atoms with Gasteiger partial charge < -0.3 is 4.90 Å². The average Bonchev–Trinajstić information content (AvgIpc) is 2.79. The molecule has 33 heavy (non-hydrogen) atoms. The molecule has 0 spiro atoms. The van der Waals surface area contributed by atoms with Crippen LogP contribution in [-0.4, -0.2) is 14.1 Å². The van der Waals surface area contributed by atoms with Gasteiger partial charge in [0.1, 0.15) is 0 Å². The van der Waals surface area contributed by atoms with Gasteiger partial charge in [-0.15, -0.1) is 10.2 Å². The molecule has 0 radical (unpaired) electrons. The molecule has 0 aliphatic heterocycles. The number of nitrogens with zero attached hydrogens (tertiary/aromatic N) is 1. The van der Waals surface area contributed by atoms with E-state index in [0.29, 0.717) is 0 Å². The highest BCUT2D eigenvalue weighted by atomic mass is 35.7. The molecule has 0 bridgehead atoms. The molecule has 0 N–H and O–H groups in total. The molecule has 1 heterocycles. The SMILES string of the molecule is Cc1cc(N(C)C)ccc1-c1cc(-c2ccccc2)[o+]c(-c2ccccc2)c1.[O-][Cl+3]([O-])([O-])[O-]. The lowest BCUT2D eigenvalue weighted by molar-refractivity contribution is -2.00. The van der Waals surface area contributed by atoms with Crippen LogP contribution in [0, 0.1) is 17.2 Å². The lowest BCUT2D eigenvalue weighted by Gasteiger charge is -2.17. The van der Waals surface area contributed by atoms with E-state index < -0.39 is 10.2 Å². The summed E-state index contributed by atoms with van der Waals surface area (Å²) in [7, 11) is -0.812. The molecule has 0 amide bonds. The monoisotopic (exact) mass is 465 g/mol. The quantitative estimate of drug-likeness (QED) is 0.427. The second-order valence-electron chi connectivity index (χ2n) is 7.58. The van der Waals surface area contributed by atoms with E-state index >= 15 is 0 Å². The lowest BCUT2D eigenvalue weighted by atomic mass is 9.97. The Kier molecular flexibility index (Phi) is 7.81. The number of anilines is 1. The molecule has 0 aliphatic rings. The van der Waals surface area contributed by atoms with Crippen LogP contribution in [0.2, 0.25) is 0 Å². The van der Waals surface area contributed by atoms with Crippen molar-refractivity contribution in [3.8, 4) is 33.8 Å². The summed E-state index contributed by atoms with van der Waals surface area (Å²) >= 11 is 0. The molecule has 0 aliphatic carbocycles. The molecule has 4 rings (SSSR count). The van der Waals surface area contributed by atoms with Crippen LogP contribution in [0.3, 0.4) is 0 Å².